The Labute approximate surface area is 181 Å². The number of allylic oxidation sites excluding steroid dienone is 6. The summed E-state index contributed by atoms with van der Waals surface area (Å²) in [6.07, 6.45) is 11.8. The van der Waals surface area contributed by atoms with E-state index in [1.54, 1.807) is 0 Å². The van der Waals surface area contributed by atoms with Gasteiger partial charge in [-0.05, 0) is 53.0 Å². The molecule has 4 nitrogen and oxygen atoms in total. The molecule has 0 unspecified atom stereocenters. The number of hydrogen-bond acceptors (Lipinski definition) is 4. The third-order valence-corrected chi connectivity index (χ3v) is 5.44. The summed E-state index contributed by atoms with van der Waals surface area (Å²) in [5.41, 5.74) is 4.55. The Balaban J connectivity index is 2.80. The molecule has 30 heavy (non-hydrogen) atoms. The minimum Gasteiger partial charge on any atom is -0.468 e. The molecule has 0 fully saturated rings. The highest BCUT2D eigenvalue weighted by Gasteiger charge is 2.15. The van der Waals surface area contributed by atoms with E-state index < -0.39 is 6.10 Å². The van der Waals surface area contributed by atoms with Crippen LogP contribution in [0.1, 0.15) is 64.9 Å². The first-order valence-electron chi connectivity index (χ1n) is 10.7. The first kappa shape index (κ1) is 25.7. The molecule has 0 radical (unpaired) electrons. The minimum absolute atomic E-state index is 0.00627. The second-order valence-electron chi connectivity index (χ2n) is 7.91. The van der Waals surface area contributed by atoms with Crippen LogP contribution >= 0.6 is 0 Å². The average molecular weight is 415 g/mol. The molecule has 1 aromatic rings. The van der Waals surface area contributed by atoms with Gasteiger partial charge in [-0.3, -0.25) is 4.79 Å². The van der Waals surface area contributed by atoms with Crippen LogP contribution in [0.2, 0.25) is 0 Å². The quantitative estimate of drug-likeness (QED) is 0.384. The van der Waals surface area contributed by atoms with Gasteiger partial charge in [-0.1, -0.05) is 55.4 Å². The van der Waals surface area contributed by atoms with Gasteiger partial charge >= 0.3 is 0 Å². The van der Waals surface area contributed by atoms with Gasteiger partial charge in [0.15, 0.2) is 5.43 Å². The second kappa shape index (κ2) is 12.4. The molecule has 0 aliphatic carbocycles. The largest absolute Gasteiger partial charge is 0.468 e. The maximum Gasteiger partial charge on any atom is 0.291 e. The lowest BCUT2D eigenvalue weighted by molar-refractivity contribution is 0.173. The van der Waals surface area contributed by atoms with Crippen LogP contribution in [0.4, 0.5) is 0 Å². The molecular weight excluding hydrogens is 376 g/mol. The lowest BCUT2D eigenvalue weighted by Crippen LogP contribution is -2.17. The highest BCUT2D eigenvalue weighted by Crippen LogP contribution is 2.21. The summed E-state index contributed by atoms with van der Waals surface area (Å²) < 4.78 is 11.1. The number of hydrogen-bond donors (Lipinski definition) is 1. The Morgan fingerprint density at radius 1 is 1.27 bits per heavy atom. The van der Waals surface area contributed by atoms with Crippen LogP contribution in [0.5, 0.6) is 5.95 Å². The lowest BCUT2D eigenvalue weighted by Gasteiger charge is -2.16. The number of rotatable bonds is 10. The molecule has 0 aliphatic heterocycles. The Bertz CT molecular complexity index is 881. The Kier molecular flexibility index (Phi) is 10.6. The number of methoxy groups -OCH3 is 1. The molecule has 1 heterocycles. The molecule has 4 heteroatoms. The number of aliphatic hydroxyl groups excluding tert-OH is 1. The Hall–Kier alpha value is -2.33. The third-order valence-electron chi connectivity index (χ3n) is 5.44. The molecule has 0 saturated heterocycles. The van der Waals surface area contributed by atoms with Crippen molar-refractivity contribution < 1.29 is 14.3 Å². The molecule has 1 aromatic heterocycles. The van der Waals surface area contributed by atoms with E-state index in [0.717, 1.165) is 17.6 Å². The van der Waals surface area contributed by atoms with Gasteiger partial charge in [0.25, 0.3) is 5.95 Å². The summed E-state index contributed by atoms with van der Waals surface area (Å²) >= 11 is 0. The SMILES string of the molecule is C/C=C(\C)[C@@H](O)[C@H](C)/C=C(C)/C=C/C/C(C)=C/Cc1oc(OC)c(CC)c(=O)c1C. The summed E-state index contributed by atoms with van der Waals surface area (Å²) in [5.74, 6) is 1.03. The molecule has 166 valence electrons. The zero-order chi connectivity index (χ0) is 22.8. The van der Waals surface area contributed by atoms with E-state index in [1.807, 2.05) is 47.6 Å². The normalized spacial score (nSPS) is 15.6. The molecule has 0 aromatic carbocycles. The summed E-state index contributed by atoms with van der Waals surface area (Å²) in [6, 6.07) is 0. The molecule has 0 saturated carbocycles. The van der Waals surface area contributed by atoms with Crippen molar-refractivity contribution in [3.63, 3.8) is 0 Å². The molecule has 0 aliphatic rings. The van der Waals surface area contributed by atoms with E-state index in [0.29, 0.717) is 35.7 Å². The van der Waals surface area contributed by atoms with Crippen LogP contribution in [0.3, 0.4) is 0 Å². The third kappa shape index (κ3) is 7.17. The Morgan fingerprint density at radius 2 is 1.93 bits per heavy atom. The van der Waals surface area contributed by atoms with Gasteiger partial charge in [-0.2, -0.15) is 0 Å². The zero-order valence-corrected chi connectivity index (χ0v) is 19.8. The number of aliphatic hydroxyl groups is 1. The molecule has 0 bridgehead atoms. The maximum atomic E-state index is 12.5. The van der Waals surface area contributed by atoms with Crippen molar-refractivity contribution in [1.29, 1.82) is 0 Å². The van der Waals surface area contributed by atoms with Gasteiger partial charge in [0.2, 0.25) is 0 Å². The van der Waals surface area contributed by atoms with E-state index in [9.17, 15) is 9.90 Å². The van der Waals surface area contributed by atoms with Gasteiger partial charge in [0.05, 0.1) is 18.8 Å². The lowest BCUT2D eigenvalue weighted by atomic mass is 9.96. The molecule has 0 amide bonds. The fourth-order valence-electron chi connectivity index (χ4n) is 3.29. The predicted molar refractivity (Wildman–Crippen MR) is 125 cm³/mol. The highest BCUT2D eigenvalue weighted by atomic mass is 16.6. The van der Waals surface area contributed by atoms with Gasteiger partial charge in [-0.25, -0.2) is 0 Å². The predicted octanol–water partition coefficient (Wildman–Crippen LogP) is 5.86. The number of ether oxygens (including phenoxy) is 1. The fraction of sp³-hybridized carbons (Fsp3) is 0.500. The van der Waals surface area contributed by atoms with Gasteiger partial charge in [-0.15, -0.1) is 0 Å². The van der Waals surface area contributed by atoms with Crippen molar-refractivity contribution in [3.8, 4) is 5.95 Å². The van der Waals surface area contributed by atoms with Crippen molar-refractivity contribution in [2.75, 3.05) is 7.11 Å². The van der Waals surface area contributed by atoms with Gasteiger partial charge in [0, 0.05) is 17.9 Å². The van der Waals surface area contributed by atoms with Gasteiger partial charge < -0.3 is 14.3 Å². The molecule has 2 atom stereocenters. The summed E-state index contributed by atoms with van der Waals surface area (Å²) in [6.45, 7) is 13.8. The van der Waals surface area contributed by atoms with E-state index in [-0.39, 0.29) is 11.3 Å². The first-order valence-corrected chi connectivity index (χ1v) is 10.7. The van der Waals surface area contributed by atoms with Crippen LogP contribution in [0, 0.1) is 12.8 Å². The van der Waals surface area contributed by atoms with E-state index in [2.05, 4.69) is 31.2 Å². The highest BCUT2D eigenvalue weighted by molar-refractivity contribution is 5.31. The van der Waals surface area contributed by atoms with E-state index >= 15 is 0 Å². The van der Waals surface area contributed by atoms with Crippen LogP contribution < -0.4 is 10.2 Å². The maximum absolute atomic E-state index is 12.5. The van der Waals surface area contributed by atoms with Crippen molar-refractivity contribution in [2.45, 2.75) is 73.8 Å². The van der Waals surface area contributed by atoms with Crippen LogP contribution in [-0.4, -0.2) is 18.3 Å². The Morgan fingerprint density at radius 3 is 2.50 bits per heavy atom. The topological polar surface area (TPSA) is 59.7 Å². The van der Waals surface area contributed by atoms with E-state index in [4.69, 9.17) is 9.15 Å². The van der Waals surface area contributed by atoms with Crippen LogP contribution in [0.25, 0.3) is 0 Å². The summed E-state index contributed by atoms with van der Waals surface area (Å²) in [4.78, 5) is 12.5. The van der Waals surface area contributed by atoms with Crippen molar-refractivity contribution >= 4 is 0 Å². The van der Waals surface area contributed by atoms with Crippen molar-refractivity contribution in [2.24, 2.45) is 5.92 Å². The minimum atomic E-state index is -0.450. The molecule has 1 N–H and O–H groups in total. The van der Waals surface area contributed by atoms with Crippen LogP contribution in [0.15, 0.2) is 56.3 Å². The van der Waals surface area contributed by atoms with E-state index in [1.165, 1.54) is 12.7 Å². The average Bonchev–Trinajstić information content (AvgIpc) is 2.73. The second-order valence-corrected chi connectivity index (χ2v) is 7.91. The van der Waals surface area contributed by atoms with Crippen molar-refractivity contribution in [1.82, 2.24) is 0 Å². The smallest absolute Gasteiger partial charge is 0.291 e. The van der Waals surface area contributed by atoms with Gasteiger partial charge in [0.1, 0.15) is 5.76 Å². The van der Waals surface area contributed by atoms with Crippen LogP contribution in [-0.2, 0) is 12.8 Å². The molecular formula is C26H38O4. The monoisotopic (exact) mass is 414 g/mol. The van der Waals surface area contributed by atoms with Crippen molar-refractivity contribution in [3.05, 3.63) is 74.2 Å². The molecule has 1 rings (SSSR count). The summed E-state index contributed by atoms with van der Waals surface area (Å²) in [5, 5.41) is 10.3. The molecule has 0 spiro atoms. The standard InChI is InChI=1S/C26H38O4/c1-9-19(5)24(27)20(6)16-18(4)13-11-12-17(3)14-15-23-21(7)25(28)22(10-2)26(29-8)30-23/h9,11,13-14,16,20,24,27H,10,12,15H2,1-8H3/b13-11+,17-14+,18-16+,19-9+/t20-,24-/m1/s1. The fourth-order valence-corrected chi connectivity index (χ4v) is 3.29. The first-order chi connectivity index (χ1) is 14.2. The summed E-state index contributed by atoms with van der Waals surface area (Å²) in [7, 11) is 1.53. The zero-order valence-electron chi connectivity index (χ0n) is 19.8.